The molecule has 3 amide bonds. The Hall–Kier alpha value is -3.47. The van der Waals surface area contributed by atoms with Crippen LogP contribution in [-0.4, -0.2) is 66.8 Å². The lowest BCUT2D eigenvalue weighted by atomic mass is 9.99. The molecule has 0 radical (unpaired) electrons. The maximum atomic E-state index is 14.6. The third-order valence-electron chi connectivity index (χ3n) is 6.86. The maximum Gasteiger partial charge on any atom is 0.251 e. The van der Waals surface area contributed by atoms with Crippen molar-refractivity contribution in [2.45, 2.75) is 35.6 Å². The average molecular weight is 601 g/mol. The molecule has 0 saturated heterocycles. The molecule has 2 N–H and O–H groups in total. The number of carbonyl (C=O) groups excluding carboxylic acids is 3. The van der Waals surface area contributed by atoms with Gasteiger partial charge in [-0.1, -0.05) is 41.9 Å². The van der Waals surface area contributed by atoms with E-state index in [2.05, 4.69) is 0 Å². The summed E-state index contributed by atoms with van der Waals surface area (Å²) in [6.07, 6.45) is -0.446. The van der Waals surface area contributed by atoms with E-state index in [1.807, 2.05) is 55.4 Å². The molecule has 3 atom stereocenters. The first-order chi connectivity index (χ1) is 19.5. The molecule has 1 aliphatic heterocycles. The SMILES string of the molecule is C[C@@H](C(N)=O)N(C(=O)Cc1cc(F)cc(F)c1)C1C(=O)N(CCN(C)C)c2cc(Cl)ccc2SC1c1ccccc1. The minimum Gasteiger partial charge on any atom is -0.368 e. The van der Waals surface area contributed by atoms with Crippen LogP contribution in [0.5, 0.6) is 0 Å². The Bertz CT molecular complexity index is 1420. The molecular formula is C30H31ClF2N4O3S. The number of likely N-dealkylation sites (N-methyl/N-ethyl adjacent to an activating group) is 1. The number of nitrogens with zero attached hydrogens (tertiary/aromatic N) is 3. The maximum absolute atomic E-state index is 14.6. The predicted octanol–water partition coefficient (Wildman–Crippen LogP) is 4.67. The highest BCUT2D eigenvalue weighted by Gasteiger charge is 2.46. The smallest absolute Gasteiger partial charge is 0.251 e. The van der Waals surface area contributed by atoms with Gasteiger partial charge >= 0.3 is 0 Å². The highest BCUT2D eigenvalue weighted by atomic mass is 35.5. The summed E-state index contributed by atoms with van der Waals surface area (Å²) in [4.78, 5) is 46.7. The van der Waals surface area contributed by atoms with Crippen molar-refractivity contribution in [2.75, 3.05) is 32.1 Å². The van der Waals surface area contributed by atoms with Crippen LogP contribution < -0.4 is 10.6 Å². The molecule has 2 unspecified atom stereocenters. The summed E-state index contributed by atoms with van der Waals surface area (Å²) >= 11 is 7.75. The van der Waals surface area contributed by atoms with Gasteiger partial charge in [0.2, 0.25) is 11.8 Å². The molecule has 3 aromatic rings. The Morgan fingerprint density at radius 3 is 2.32 bits per heavy atom. The van der Waals surface area contributed by atoms with Gasteiger partial charge in [0.25, 0.3) is 5.91 Å². The molecule has 4 rings (SSSR count). The van der Waals surface area contributed by atoms with E-state index in [0.29, 0.717) is 23.3 Å². The molecule has 1 heterocycles. The number of hydrogen-bond donors (Lipinski definition) is 1. The zero-order valence-electron chi connectivity index (χ0n) is 22.9. The third-order valence-corrected chi connectivity index (χ3v) is 8.48. The van der Waals surface area contributed by atoms with Gasteiger partial charge in [0.05, 0.1) is 17.4 Å². The van der Waals surface area contributed by atoms with Crippen molar-refractivity contribution in [3.8, 4) is 0 Å². The predicted molar refractivity (Wildman–Crippen MR) is 157 cm³/mol. The molecule has 216 valence electrons. The number of fused-ring (bicyclic) bond motifs is 1. The quantitative estimate of drug-likeness (QED) is 0.386. The van der Waals surface area contributed by atoms with E-state index in [4.69, 9.17) is 17.3 Å². The Balaban J connectivity index is 1.89. The molecule has 41 heavy (non-hydrogen) atoms. The number of anilines is 1. The summed E-state index contributed by atoms with van der Waals surface area (Å²) in [6, 6.07) is 14.9. The zero-order chi connectivity index (χ0) is 29.8. The summed E-state index contributed by atoms with van der Waals surface area (Å²) in [7, 11) is 3.76. The van der Waals surface area contributed by atoms with Gasteiger partial charge in [-0.15, -0.1) is 11.8 Å². The molecular weight excluding hydrogens is 570 g/mol. The summed E-state index contributed by atoms with van der Waals surface area (Å²) in [5.41, 5.74) is 7.12. The molecule has 0 bridgehead atoms. The Morgan fingerprint density at radius 2 is 1.71 bits per heavy atom. The van der Waals surface area contributed by atoms with Crippen molar-refractivity contribution in [3.05, 3.63) is 94.5 Å². The molecule has 11 heteroatoms. The van der Waals surface area contributed by atoms with Crippen LogP contribution >= 0.6 is 23.4 Å². The van der Waals surface area contributed by atoms with Gasteiger partial charge in [0, 0.05) is 29.1 Å². The monoisotopic (exact) mass is 600 g/mol. The van der Waals surface area contributed by atoms with Gasteiger partial charge in [-0.05, 0) is 62.5 Å². The second kappa shape index (κ2) is 13.0. The minimum atomic E-state index is -1.21. The van der Waals surface area contributed by atoms with E-state index < -0.39 is 53.1 Å². The second-order valence-corrected chi connectivity index (χ2v) is 11.8. The van der Waals surface area contributed by atoms with Gasteiger partial charge in [-0.3, -0.25) is 14.4 Å². The fourth-order valence-corrected chi connectivity index (χ4v) is 6.37. The Kier molecular flexibility index (Phi) is 9.68. The molecule has 0 aliphatic carbocycles. The number of hydrogen-bond acceptors (Lipinski definition) is 5. The van der Waals surface area contributed by atoms with Crippen LogP contribution in [0.2, 0.25) is 5.02 Å². The molecule has 0 saturated carbocycles. The highest BCUT2D eigenvalue weighted by molar-refractivity contribution is 7.99. The zero-order valence-corrected chi connectivity index (χ0v) is 24.5. The van der Waals surface area contributed by atoms with E-state index in [0.717, 1.165) is 22.6 Å². The molecule has 0 spiro atoms. The van der Waals surface area contributed by atoms with Crippen molar-refractivity contribution in [3.63, 3.8) is 0 Å². The highest BCUT2D eigenvalue weighted by Crippen LogP contribution is 2.48. The lowest BCUT2D eigenvalue weighted by Gasteiger charge is -2.39. The van der Waals surface area contributed by atoms with Crippen molar-refractivity contribution < 1.29 is 23.2 Å². The number of benzene rings is 3. The first kappa shape index (κ1) is 30.5. The van der Waals surface area contributed by atoms with Gasteiger partial charge < -0.3 is 20.4 Å². The number of rotatable bonds is 9. The van der Waals surface area contributed by atoms with Crippen LogP contribution in [-0.2, 0) is 20.8 Å². The molecule has 0 fully saturated rings. The summed E-state index contributed by atoms with van der Waals surface area (Å²) < 4.78 is 28.0. The average Bonchev–Trinajstić information content (AvgIpc) is 3.01. The van der Waals surface area contributed by atoms with Crippen molar-refractivity contribution >= 4 is 46.8 Å². The fourth-order valence-electron chi connectivity index (χ4n) is 4.83. The molecule has 0 aromatic heterocycles. The van der Waals surface area contributed by atoms with Gasteiger partial charge in [-0.2, -0.15) is 0 Å². The van der Waals surface area contributed by atoms with Crippen LogP contribution in [0, 0.1) is 11.6 Å². The fraction of sp³-hybridized carbons (Fsp3) is 0.300. The number of thioether (sulfide) groups is 1. The topological polar surface area (TPSA) is 86.9 Å². The van der Waals surface area contributed by atoms with Crippen molar-refractivity contribution in [1.29, 1.82) is 0 Å². The Morgan fingerprint density at radius 1 is 1.05 bits per heavy atom. The van der Waals surface area contributed by atoms with Crippen LogP contribution in [0.4, 0.5) is 14.5 Å². The van der Waals surface area contributed by atoms with E-state index >= 15 is 0 Å². The van der Waals surface area contributed by atoms with Crippen molar-refractivity contribution in [2.24, 2.45) is 5.73 Å². The first-order valence-electron chi connectivity index (χ1n) is 13.0. The number of nitrogens with two attached hydrogens (primary N) is 1. The van der Waals surface area contributed by atoms with E-state index in [1.54, 1.807) is 17.0 Å². The summed E-state index contributed by atoms with van der Waals surface area (Å²) in [5.74, 6) is -3.60. The van der Waals surface area contributed by atoms with Gasteiger partial charge in [0.15, 0.2) is 0 Å². The van der Waals surface area contributed by atoms with E-state index in [9.17, 15) is 23.2 Å². The lowest BCUT2D eigenvalue weighted by molar-refractivity contribution is -0.145. The second-order valence-electron chi connectivity index (χ2n) is 10.1. The van der Waals surface area contributed by atoms with Crippen LogP contribution in [0.15, 0.2) is 71.6 Å². The molecule has 1 aliphatic rings. The van der Waals surface area contributed by atoms with Gasteiger partial charge in [-0.25, -0.2) is 8.78 Å². The van der Waals surface area contributed by atoms with E-state index in [1.165, 1.54) is 23.6 Å². The lowest BCUT2D eigenvalue weighted by Crippen LogP contribution is -2.59. The van der Waals surface area contributed by atoms with Crippen LogP contribution in [0.25, 0.3) is 0 Å². The van der Waals surface area contributed by atoms with Crippen molar-refractivity contribution in [1.82, 2.24) is 9.80 Å². The standard InChI is InChI=1S/C30H31ClF2N4O3S/c1-18(29(34)39)37(26(38)15-19-13-22(32)17-23(33)14-19)27-28(20-7-5-4-6-8-20)41-25-10-9-21(31)16-24(25)36(30(27)40)12-11-35(2)3/h4-10,13-14,16-18,27-28H,11-12,15H2,1-3H3,(H2,34,39)/t18-,27?,28?/m0/s1. The molecule has 7 nitrogen and oxygen atoms in total. The third kappa shape index (κ3) is 7.06. The minimum absolute atomic E-state index is 0.0682. The summed E-state index contributed by atoms with van der Waals surface area (Å²) in [6.45, 7) is 2.23. The first-order valence-corrected chi connectivity index (χ1v) is 14.2. The normalized spacial score (nSPS) is 17.6. The number of carbonyl (C=O) groups is 3. The largest absolute Gasteiger partial charge is 0.368 e. The molecule has 3 aromatic carbocycles. The number of amides is 3. The number of primary amides is 1. The summed E-state index contributed by atoms with van der Waals surface area (Å²) in [5, 5.41) is -0.212. The van der Waals surface area contributed by atoms with Crippen LogP contribution in [0.1, 0.15) is 23.3 Å². The Labute approximate surface area is 247 Å². The van der Waals surface area contributed by atoms with Gasteiger partial charge in [0.1, 0.15) is 23.7 Å². The van der Waals surface area contributed by atoms with Crippen LogP contribution in [0.3, 0.4) is 0 Å². The van der Waals surface area contributed by atoms with E-state index in [-0.39, 0.29) is 12.1 Å². The number of halogens is 3.